The molecule has 3 nitrogen and oxygen atoms in total. The molecule has 9 heavy (non-hydrogen) atoms. The molecule has 0 atom stereocenters. The molecule has 0 heterocycles. The first-order valence-electron chi connectivity index (χ1n) is 2.95. The molecule has 0 bridgehead atoms. The van der Waals surface area contributed by atoms with Crippen LogP contribution in [0.1, 0.15) is 0 Å². The lowest BCUT2D eigenvalue weighted by molar-refractivity contribution is 0.292. The molecule has 0 amide bonds. The minimum atomic E-state index is -0.886. The summed E-state index contributed by atoms with van der Waals surface area (Å²) in [5, 5.41) is 16.9. The first-order valence-corrected chi connectivity index (χ1v) is 4.77. The van der Waals surface area contributed by atoms with E-state index < -0.39 is 9.04 Å². The molecule has 0 aliphatic heterocycles. The van der Waals surface area contributed by atoms with Gasteiger partial charge in [0.25, 0.3) is 0 Å². The maximum Gasteiger partial charge on any atom is 0.215 e. The Hall–Kier alpha value is 0.0969. The van der Waals surface area contributed by atoms with Crippen molar-refractivity contribution in [2.75, 3.05) is 20.3 Å². The van der Waals surface area contributed by atoms with Crippen molar-refractivity contribution in [3.8, 4) is 0 Å². The van der Waals surface area contributed by atoms with Gasteiger partial charge in [0.15, 0.2) is 0 Å². The van der Waals surface area contributed by atoms with Gasteiger partial charge in [-0.25, -0.2) is 0 Å². The first-order chi connectivity index (χ1) is 4.35. The second-order valence-corrected chi connectivity index (χ2v) is 4.18. The van der Waals surface area contributed by atoms with Crippen LogP contribution in [0.5, 0.6) is 0 Å². The van der Waals surface area contributed by atoms with E-state index in [9.17, 15) is 0 Å². The van der Waals surface area contributed by atoms with Crippen LogP contribution in [-0.4, -0.2) is 39.6 Å². The average Bonchev–Trinajstić information content (AvgIpc) is 1.88. The van der Waals surface area contributed by atoms with Gasteiger partial charge in [-0.05, 0) is 12.1 Å². The van der Waals surface area contributed by atoms with E-state index in [1.54, 1.807) is 7.11 Å². The second kappa shape index (κ2) is 6.22. The summed E-state index contributed by atoms with van der Waals surface area (Å²) in [6.07, 6.45) is 0. The summed E-state index contributed by atoms with van der Waals surface area (Å²) in [5.74, 6) is 0. The van der Waals surface area contributed by atoms with Gasteiger partial charge in [-0.3, -0.25) is 0 Å². The van der Waals surface area contributed by atoms with Crippen molar-refractivity contribution in [3.05, 3.63) is 0 Å². The molecule has 0 saturated carbocycles. The molecule has 0 aliphatic carbocycles. The molecule has 55 valence electrons. The molecule has 0 aliphatic rings. The maximum absolute atomic E-state index is 8.46. The normalized spacial score (nSPS) is 10.7. The molecule has 0 aromatic heterocycles. The van der Waals surface area contributed by atoms with Gasteiger partial charge < -0.3 is 14.6 Å². The van der Waals surface area contributed by atoms with Gasteiger partial charge in [0.1, 0.15) is 0 Å². The smallest absolute Gasteiger partial charge is 0.215 e. The Morgan fingerprint density at radius 3 is 1.89 bits per heavy atom. The van der Waals surface area contributed by atoms with Gasteiger partial charge in [-0.2, -0.15) is 0 Å². The predicted octanol–water partition coefficient (Wildman–Crippen LogP) is -0.391. The highest BCUT2D eigenvalue weighted by molar-refractivity contribution is 6.51. The van der Waals surface area contributed by atoms with Crippen LogP contribution >= 0.6 is 0 Å². The zero-order valence-corrected chi connectivity index (χ0v) is 6.63. The molecule has 0 fully saturated rings. The summed E-state index contributed by atoms with van der Waals surface area (Å²) < 4.78 is 5.01. The molecule has 0 aromatic carbocycles. The van der Waals surface area contributed by atoms with Crippen molar-refractivity contribution in [1.29, 1.82) is 0 Å². The van der Waals surface area contributed by atoms with E-state index in [4.69, 9.17) is 14.6 Å². The standard InChI is InChI=1S/C5H13O3Si/c1-8-9(4-2-6)5-3-7/h6-7H,2-5H2,1H3. The zero-order chi connectivity index (χ0) is 7.11. The lowest BCUT2D eigenvalue weighted by Crippen LogP contribution is -2.18. The monoisotopic (exact) mass is 149 g/mol. The summed E-state index contributed by atoms with van der Waals surface area (Å²) in [6, 6.07) is 1.42. The molecule has 0 rings (SSSR count). The molecular weight excluding hydrogens is 136 g/mol. The summed E-state index contributed by atoms with van der Waals surface area (Å²) in [4.78, 5) is 0. The molecule has 0 unspecified atom stereocenters. The van der Waals surface area contributed by atoms with E-state index in [2.05, 4.69) is 0 Å². The van der Waals surface area contributed by atoms with E-state index in [1.807, 2.05) is 0 Å². The highest BCUT2D eigenvalue weighted by Crippen LogP contribution is 1.97. The van der Waals surface area contributed by atoms with Crippen molar-refractivity contribution in [2.24, 2.45) is 0 Å². The predicted molar refractivity (Wildman–Crippen MR) is 36.5 cm³/mol. The molecular formula is C5H13O3Si. The molecule has 0 aromatic rings. The third-order valence-corrected chi connectivity index (χ3v) is 3.21. The summed E-state index contributed by atoms with van der Waals surface area (Å²) in [5.41, 5.74) is 0. The van der Waals surface area contributed by atoms with E-state index in [-0.39, 0.29) is 13.2 Å². The SMILES string of the molecule is CO[Si](CCO)CCO. The Balaban J connectivity index is 3.18. The van der Waals surface area contributed by atoms with E-state index in [0.29, 0.717) is 12.1 Å². The third kappa shape index (κ3) is 4.59. The Bertz CT molecular complexity index is 54.2. The lowest BCUT2D eigenvalue weighted by Gasteiger charge is -2.07. The molecule has 0 spiro atoms. The van der Waals surface area contributed by atoms with Crippen LogP contribution < -0.4 is 0 Å². The van der Waals surface area contributed by atoms with Crippen LogP contribution in [0.15, 0.2) is 0 Å². The third-order valence-electron chi connectivity index (χ3n) is 1.07. The van der Waals surface area contributed by atoms with E-state index in [0.717, 1.165) is 0 Å². The van der Waals surface area contributed by atoms with Gasteiger partial charge >= 0.3 is 0 Å². The van der Waals surface area contributed by atoms with E-state index >= 15 is 0 Å². The van der Waals surface area contributed by atoms with Crippen LogP contribution in [0.4, 0.5) is 0 Å². The molecule has 0 saturated heterocycles. The average molecular weight is 149 g/mol. The number of hydrogen-bond donors (Lipinski definition) is 2. The fourth-order valence-corrected chi connectivity index (χ4v) is 1.74. The van der Waals surface area contributed by atoms with Crippen LogP contribution in [0, 0.1) is 0 Å². The van der Waals surface area contributed by atoms with Gasteiger partial charge in [-0.15, -0.1) is 0 Å². The Morgan fingerprint density at radius 1 is 1.22 bits per heavy atom. The Labute approximate surface area is 57.0 Å². The number of aliphatic hydroxyl groups excluding tert-OH is 2. The number of aliphatic hydroxyl groups is 2. The van der Waals surface area contributed by atoms with Gasteiger partial charge in [-0.1, -0.05) is 0 Å². The van der Waals surface area contributed by atoms with Crippen LogP contribution in [0.25, 0.3) is 0 Å². The van der Waals surface area contributed by atoms with Crippen molar-refractivity contribution in [1.82, 2.24) is 0 Å². The summed E-state index contributed by atoms with van der Waals surface area (Å²) in [6.45, 7) is 0.338. The van der Waals surface area contributed by atoms with Crippen LogP contribution in [-0.2, 0) is 4.43 Å². The summed E-state index contributed by atoms with van der Waals surface area (Å²) >= 11 is 0. The fraction of sp³-hybridized carbons (Fsp3) is 1.00. The van der Waals surface area contributed by atoms with Gasteiger partial charge in [0, 0.05) is 20.3 Å². The Morgan fingerprint density at radius 2 is 1.67 bits per heavy atom. The van der Waals surface area contributed by atoms with Crippen molar-refractivity contribution < 1.29 is 14.6 Å². The molecule has 2 N–H and O–H groups in total. The minimum absolute atomic E-state index is 0.169. The Kier molecular flexibility index (Phi) is 6.29. The second-order valence-electron chi connectivity index (χ2n) is 1.69. The highest BCUT2D eigenvalue weighted by atomic mass is 28.3. The largest absolute Gasteiger partial charge is 0.420 e. The number of hydrogen-bond acceptors (Lipinski definition) is 3. The molecule has 1 radical (unpaired) electrons. The van der Waals surface area contributed by atoms with Crippen LogP contribution in [0.3, 0.4) is 0 Å². The first kappa shape index (κ1) is 9.10. The van der Waals surface area contributed by atoms with Crippen molar-refractivity contribution >= 4 is 9.04 Å². The van der Waals surface area contributed by atoms with E-state index in [1.165, 1.54) is 0 Å². The summed E-state index contributed by atoms with van der Waals surface area (Å²) in [7, 11) is 0.739. The quantitative estimate of drug-likeness (QED) is 0.523. The topological polar surface area (TPSA) is 49.7 Å². The lowest BCUT2D eigenvalue weighted by atomic mass is 10.9. The number of rotatable bonds is 5. The minimum Gasteiger partial charge on any atom is -0.420 e. The van der Waals surface area contributed by atoms with Crippen molar-refractivity contribution in [3.63, 3.8) is 0 Å². The van der Waals surface area contributed by atoms with Gasteiger partial charge in [0.05, 0.1) is 0 Å². The van der Waals surface area contributed by atoms with Gasteiger partial charge in [0.2, 0.25) is 9.04 Å². The van der Waals surface area contributed by atoms with Crippen LogP contribution in [0.2, 0.25) is 12.1 Å². The van der Waals surface area contributed by atoms with Crippen molar-refractivity contribution in [2.45, 2.75) is 12.1 Å². The maximum atomic E-state index is 8.46. The fourth-order valence-electron chi connectivity index (χ4n) is 0.579. The zero-order valence-electron chi connectivity index (χ0n) is 5.63. The highest BCUT2D eigenvalue weighted by Gasteiger charge is 2.08. The molecule has 4 heteroatoms.